The summed E-state index contributed by atoms with van der Waals surface area (Å²) in [6, 6.07) is 5.40. The molecule has 0 fully saturated rings. The van der Waals surface area contributed by atoms with Crippen molar-refractivity contribution in [1.82, 2.24) is 4.98 Å². The van der Waals surface area contributed by atoms with E-state index in [2.05, 4.69) is 10.9 Å². The zero-order valence-corrected chi connectivity index (χ0v) is 7.58. The third-order valence-electron chi connectivity index (χ3n) is 1.67. The van der Waals surface area contributed by atoms with Crippen molar-refractivity contribution < 1.29 is 4.79 Å². The molecule has 0 N–H and O–H groups in total. The molecule has 0 unspecified atom stereocenters. The molecule has 66 valence electrons. The molecular weight excluding hydrogens is 162 g/mol. The summed E-state index contributed by atoms with van der Waals surface area (Å²) in [4.78, 5) is 15.5. The molecule has 0 radical (unpaired) electrons. The highest BCUT2D eigenvalue weighted by Crippen LogP contribution is 2.03. The van der Waals surface area contributed by atoms with E-state index >= 15 is 0 Å². The average Bonchev–Trinajstić information content (AvgIpc) is 2.14. The van der Waals surface area contributed by atoms with E-state index in [1.807, 2.05) is 19.1 Å². The highest BCUT2D eigenvalue weighted by atomic mass is 16.1. The Kier molecular flexibility index (Phi) is 3.22. The number of ketones is 1. The van der Waals surface area contributed by atoms with Gasteiger partial charge in [0.05, 0.1) is 0 Å². The molecule has 0 saturated heterocycles. The maximum absolute atomic E-state index is 11.4. The van der Waals surface area contributed by atoms with Crippen LogP contribution in [0, 0.1) is 19.3 Å². The molecule has 13 heavy (non-hydrogen) atoms. The molecule has 1 aromatic heterocycles. The Labute approximate surface area is 78.0 Å². The molecule has 0 amide bonds. The molecule has 0 saturated carbocycles. The second kappa shape index (κ2) is 4.42. The number of rotatable bonds is 3. The lowest BCUT2D eigenvalue weighted by Gasteiger charge is -1.98. The van der Waals surface area contributed by atoms with Gasteiger partial charge in [-0.2, -0.15) is 0 Å². The van der Waals surface area contributed by atoms with Gasteiger partial charge in [0, 0.05) is 18.5 Å². The van der Waals surface area contributed by atoms with Crippen LogP contribution in [0.1, 0.15) is 29.0 Å². The number of aromatic nitrogens is 1. The van der Waals surface area contributed by atoms with Crippen LogP contribution in [-0.4, -0.2) is 10.8 Å². The van der Waals surface area contributed by atoms with Gasteiger partial charge in [-0.3, -0.25) is 9.78 Å². The van der Waals surface area contributed by atoms with Crippen molar-refractivity contribution in [3.63, 3.8) is 0 Å². The molecular formula is C11H11NO. The number of hydrogen-bond acceptors (Lipinski definition) is 2. The van der Waals surface area contributed by atoms with Crippen molar-refractivity contribution in [3.8, 4) is 12.3 Å². The number of nitrogens with zero attached hydrogens (tertiary/aromatic N) is 1. The number of terminal acetylenes is 1. The largest absolute Gasteiger partial charge is 0.292 e. The van der Waals surface area contributed by atoms with E-state index in [1.165, 1.54) is 0 Å². The van der Waals surface area contributed by atoms with Crippen molar-refractivity contribution in [3.05, 3.63) is 29.6 Å². The van der Waals surface area contributed by atoms with Gasteiger partial charge >= 0.3 is 0 Å². The van der Waals surface area contributed by atoms with Gasteiger partial charge in [0.1, 0.15) is 5.69 Å². The second-order valence-electron chi connectivity index (χ2n) is 2.79. The molecule has 0 atom stereocenters. The summed E-state index contributed by atoms with van der Waals surface area (Å²) in [5, 5.41) is 0. The molecule has 0 spiro atoms. The molecule has 1 rings (SSSR count). The molecule has 2 heteroatoms. The lowest BCUT2D eigenvalue weighted by atomic mass is 10.1. The number of aryl methyl sites for hydroxylation is 1. The molecule has 1 heterocycles. The summed E-state index contributed by atoms with van der Waals surface area (Å²) in [7, 11) is 0. The first-order valence-corrected chi connectivity index (χ1v) is 4.14. The normalized spacial score (nSPS) is 9.23. The average molecular weight is 173 g/mol. The minimum atomic E-state index is 0.0154. The van der Waals surface area contributed by atoms with E-state index in [0.717, 1.165) is 5.69 Å². The van der Waals surface area contributed by atoms with Gasteiger partial charge in [-0.15, -0.1) is 12.3 Å². The number of hydrogen-bond donors (Lipinski definition) is 0. The van der Waals surface area contributed by atoms with Crippen molar-refractivity contribution in [2.45, 2.75) is 19.8 Å². The Bertz CT molecular complexity index is 349. The van der Waals surface area contributed by atoms with E-state index in [-0.39, 0.29) is 5.78 Å². The topological polar surface area (TPSA) is 30.0 Å². The van der Waals surface area contributed by atoms with Crippen LogP contribution in [-0.2, 0) is 0 Å². The van der Waals surface area contributed by atoms with Crippen molar-refractivity contribution in [1.29, 1.82) is 0 Å². The Hall–Kier alpha value is -1.62. The van der Waals surface area contributed by atoms with Crippen LogP contribution in [0.2, 0.25) is 0 Å². The van der Waals surface area contributed by atoms with E-state index in [9.17, 15) is 4.79 Å². The lowest BCUT2D eigenvalue weighted by molar-refractivity contribution is 0.0979. The molecule has 1 aromatic rings. The molecule has 2 nitrogen and oxygen atoms in total. The number of Topliss-reactive ketones (excluding diaryl/α,β-unsaturated/α-hetero) is 1. The van der Waals surface area contributed by atoms with Crippen LogP contribution >= 0.6 is 0 Å². The predicted molar refractivity (Wildman–Crippen MR) is 51.4 cm³/mol. The van der Waals surface area contributed by atoms with E-state index in [1.54, 1.807) is 6.07 Å². The highest BCUT2D eigenvalue weighted by molar-refractivity contribution is 5.94. The maximum Gasteiger partial charge on any atom is 0.182 e. The predicted octanol–water partition coefficient (Wildman–Crippen LogP) is 1.99. The van der Waals surface area contributed by atoms with Crippen LogP contribution in [0.5, 0.6) is 0 Å². The van der Waals surface area contributed by atoms with Gasteiger partial charge in [0.25, 0.3) is 0 Å². The minimum Gasteiger partial charge on any atom is -0.292 e. The monoisotopic (exact) mass is 173 g/mol. The summed E-state index contributed by atoms with van der Waals surface area (Å²) in [5.74, 6) is 2.45. The first-order valence-electron chi connectivity index (χ1n) is 4.14. The number of pyridine rings is 1. The maximum atomic E-state index is 11.4. The second-order valence-corrected chi connectivity index (χ2v) is 2.79. The number of carbonyl (C=O) groups is 1. The van der Waals surface area contributed by atoms with E-state index in [0.29, 0.717) is 18.5 Å². The molecule has 0 aliphatic rings. The van der Waals surface area contributed by atoms with Crippen LogP contribution < -0.4 is 0 Å². The summed E-state index contributed by atoms with van der Waals surface area (Å²) in [5.41, 5.74) is 1.36. The fraction of sp³-hybridized carbons (Fsp3) is 0.273. The first kappa shape index (κ1) is 9.47. The number of carbonyl (C=O) groups excluding carboxylic acids is 1. The van der Waals surface area contributed by atoms with Crippen LogP contribution in [0.15, 0.2) is 18.2 Å². The van der Waals surface area contributed by atoms with Gasteiger partial charge in [0.2, 0.25) is 0 Å². The first-order chi connectivity index (χ1) is 6.24. The Balaban J connectivity index is 2.72. The van der Waals surface area contributed by atoms with Crippen molar-refractivity contribution in [2.75, 3.05) is 0 Å². The Morgan fingerprint density at radius 3 is 3.00 bits per heavy atom. The molecule has 0 aliphatic carbocycles. The summed E-state index contributed by atoms with van der Waals surface area (Å²) in [6.07, 6.45) is 5.92. The van der Waals surface area contributed by atoms with E-state index < -0.39 is 0 Å². The quantitative estimate of drug-likeness (QED) is 0.516. The molecule has 0 bridgehead atoms. The highest BCUT2D eigenvalue weighted by Gasteiger charge is 2.05. The van der Waals surface area contributed by atoms with Gasteiger partial charge < -0.3 is 0 Å². The van der Waals surface area contributed by atoms with Crippen LogP contribution in [0.4, 0.5) is 0 Å². The fourth-order valence-corrected chi connectivity index (χ4v) is 1.01. The van der Waals surface area contributed by atoms with Crippen LogP contribution in [0.25, 0.3) is 0 Å². The van der Waals surface area contributed by atoms with Crippen LogP contribution in [0.3, 0.4) is 0 Å². The van der Waals surface area contributed by atoms with Gasteiger partial charge in [-0.25, -0.2) is 0 Å². The van der Waals surface area contributed by atoms with Crippen molar-refractivity contribution >= 4 is 5.78 Å². The summed E-state index contributed by atoms with van der Waals surface area (Å²) < 4.78 is 0. The SMILES string of the molecule is C#CCCC(=O)c1cccc(C)n1. The standard InChI is InChI=1S/C11H11NO/c1-3-4-8-11(13)10-7-5-6-9(2)12-10/h1,5-7H,4,8H2,2H3. The zero-order valence-electron chi connectivity index (χ0n) is 7.58. The Morgan fingerprint density at radius 2 is 2.38 bits per heavy atom. The fourth-order valence-electron chi connectivity index (χ4n) is 1.01. The summed E-state index contributed by atoms with van der Waals surface area (Å²) in [6.45, 7) is 1.86. The summed E-state index contributed by atoms with van der Waals surface area (Å²) >= 11 is 0. The molecule has 0 aromatic carbocycles. The minimum absolute atomic E-state index is 0.0154. The smallest absolute Gasteiger partial charge is 0.182 e. The van der Waals surface area contributed by atoms with Gasteiger partial charge in [-0.1, -0.05) is 6.07 Å². The lowest BCUT2D eigenvalue weighted by Crippen LogP contribution is -2.02. The Morgan fingerprint density at radius 1 is 1.62 bits per heavy atom. The molecule has 0 aliphatic heterocycles. The van der Waals surface area contributed by atoms with Gasteiger partial charge in [-0.05, 0) is 19.1 Å². The third-order valence-corrected chi connectivity index (χ3v) is 1.67. The zero-order chi connectivity index (χ0) is 9.68. The van der Waals surface area contributed by atoms with Crippen molar-refractivity contribution in [2.24, 2.45) is 0 Å². The van der Waals surface area contributed by atoms with E-state index in [4.69, 9.17) is 6.42 Å². The third kappa shape index (κ3) is 2.72. The van der Waals surface area contributed by atoms with Gasteiger partial charge in [0.15, 0.2) is 5.78 Å².